The number of nitrogens with one attached hydrogen (secondary N) is 2. The maximum absolute atomic E-state index is 13.6. The second-order valence-corrected chi connectivity index (χ2v) is 9.55. The Kier molecular flexibility index (Phi) is 7.22. The number of methoxy groups -OCH3 is 1. The van der Waals surface area contributed by atoms with Crippen molar-refractivity contribution in [1.82, 2.24) is 14.9 Å². The van der Waals surface area contributed by atoms with Crippen molar-refractivity contribution in [2.75, 3.05) is 23.9 Å². The summed E-state index contributed by atoms with van der Waals surface area (Å²) in [5.74, 6) is -0.495. The first kappa shape index (κ1) is 25.6. The summed E-state index contributed by atoms with van der Waals surface area (Å²) in [5, 5.41) is 6.88. The zero-order valence-electron chi connectivity index (χ0n) is 21.3. The summed E-state index contributed by atoms with van der Waals surface area (Å²) in [4.78, 5) is 18.7. The van der Waals surface area contributed by atoms with Gasteiger partial charge in [-0.2, -0.15) is 0 Å². The van der Waals surface area contributed by atoms with Gasteiger partial charge in [-0.05, 0) is 98.4 Å². The van der Waals surface area contributed by atoms with Crippen LogP contribution in [0.2, 0.25) is 0 Å². The molecule has 0 unspecified atom stereocenters. The number of benzene rings is 2. The number of pyridine rings is 1. The molecule has 1 aliphatic heterocycles. The van der Waals surface area contributed by atoms with Gasteiger partial charge in [0.05, 0.1) is 17.8 Å². The van der Waals surface area contributed by atoms with E-state index in [4.69, 9.17) is 17.0 Å². The molecule has 0 aliphatic carbocycles. The van der Waals surface area contributed by atoms with Gasteiger partial charge in [-0.1, -0.05) is 6.07 Å². The van der Waals surface area contributed by atoms with E-state index in [9.17, 15) is 9.18 Å². The summed E-state index contributed by atoms with van der Waals surface area (Å²) in [6.07, 6.45) is 1.78. The van der Waals surface area contributed by atoms with Crippen LogP contribution in [0.25, 0.3) is 5.69 Å². The van der Waals surface area contributed by atoms with Gasteiger partial charge < -0.3 is 24.8 Å². The van der Waals surface area contributed by atoms with Crippen molar-refractivity contribution >= 4 is 34.6 Å². The minimum absolute atomic E-state index is 0.0145. The molecule has 3 heterocycles. The van der Waals surface area contributed by atoms with Crippen LogP contribution in [-0.2, 0) is 9.53 Å². The Balaban J connectivity index is 1.57. The summed E-state index contributed by atoms with van der Waals surface area (Å²) in [7, 11) is 1.48. The Morgan fingerprint density at radius 1 is 1.08 bits per heavy atom. The van der Waals surface area contributed by atoms with E-state index in [1.165, 1.54) is 19.2 Å². The summed E-state index contributed by atoms with van der Waals surface area (Å²) in [5.41, 5.74) is 6.43. The number of nitrogens with zero attached hydrogens (tertiary/aromatic N) is 3. The highest BCUT2D eigenvalue weighted by Gasteiger charge is 2.42. The first-order valence-electron chi connectivity index (χ1n) is 12.2. The van der Waals surface area contributed by atoms with Gasteiger partial charge in [0.15, 0.2) is 5.11 Å². The molecule has 0 saturated carbocycles. The van der Waals surface area contributed by atoms with Crippen molar-refractivity contribution in [2.45, 2.75) is 25.9 Å². The van der Waals surface area contributed by atoms with E-state index in [0.29, 0.717) is 10.8 Å². The van der Waals surface area contributed by atoms with E-state index in [0.717, 1.165) is 34.0 Å². The molecule has 2 aromatic heterocycles. The van der Waals surface area contributed by atoms with Crippen LogP contribution in [0.3, 0.4) is 0 Å². The van der Waals surface area contributed by atoms with Crippen LogP contribution >= 0.6 is 12.2 Å². The SMILES string of the molecule is COCC(=O)Nc1ccc(N2C(=S)N[C@H](c3ccccn3)[C@H]2c2cc(C)n(-c3ccc(F)cc3)c2C)cc1. The molecular formula is C29H28FN5O2S. The number of rotatable bonds is 7. The Morgan fingerprint density at radius 3 is 2.45 bits per heavy atom. The number of aryl methyl sites for hydroxylation is 1. The van der Waals surface area contributed by atoms with Crippen LogP contribution in [0.1, 0.15) is 34.7 Å². The minimum Gasteiger partial charge on any atom is -0.375 e. The number of anilines is 2. The van der Waals surface area contributed by atoms with Crippen LogP contribution in [0.4, 0.5) is 15.8 Å². The molecule has 4 aromatic rings. The van der Waals surface area contributed by atoms with Crippen molar-refractivity contribution < 1.29 is 13.9 Å². The lowest BCUT2D eigenvalue weighted by molar-refractivity contribution is -0.119. The van der Waals surface area contributed by atoms with Gasteiger partial charge in [-0.3, -0.25) is 9.78 Å². The average molecular weight is 530 g/mol. The summed E-state index contributed by atoms with van der Waals surface area (Å²) < 4.78 is 20.7. The predicted molar refractivity (Wildman–Crippen MR) is 150 cm³/mol. The van der Waals surface area contributed by atoms with Gasteiger partial charge in [0.1, 0.15) is 12.4 Å². The van der Waals surface area contributed by atoms with Gasteiger partial charge in [0.25, 0.3) is 0 Å². The highest BCUT2D eigenvalue weighted by molar-refractivity contribution is 7.80. The fourth-order valence-corrected chi connectivity index (χ4v) is 5.40. The van der Waals surface area contributed by atoms with Crippen molar-refractivity contribution in [1.29, 1.82) is 0 Å². The molecule has 2 aromatic carbocycles. The smallest absolute Gasteiger partial charge is 0.250 e. The highest BCUT2D eigenvalue weighted by atomic mass is 32.1. The molecule has 0 bridgehead atoms. The first-order valence-corrected chi connectivity index (χ1v) is 12.6. The van der Waals surface area contributed by atoms with Crippen LogP contribution in [-0.4, -0.2) is 34.3 Å². The largest absolute Gasteiger partial charge is 0.375 e. The third-order valence-electron chi connectivity index (χ3n) is 6.68. The molecule has 0 radical (unpaired) electrons. The maximum atomic E-state index is 13.6. The predicted octanol–water partition coefficient (Wildman–Crippen LogP) is 5.39. The number of carbonyl (C=O) groups excluding carboxylic acids is 1. The number of aromatic nitrogens is 2. The van der Waals surface area contributed by atoms with Crippen molar-refractivity contribution in [3.8, 4) is 5.69 Å². The fourth-order valence-electron chi connectivity index (χ4n) is 5.06. The van der Waals surface area contributed by atoms with E-state index < -0.39 is 0 Å². The Labute approximate surface area is 226 Å². The third-order valence-corrected chi connectivity index (χ3v) is 6.99. The van der Waals surface area contributed by atoms with Crippen LogP contribution < -0.4 is 15.5 Å². The minimum atomic E-state index is -0.273. The molecule has 2 atom stereocenters. The quantitative estimate of drug-likeness (QED) is 0.313. The summed E-state index contributed by atoms with van der Waals surface area (Å²) in [6, 6.07) is 21.6. The molecule has 1 saturated heterocycles. The Hall–Kier alpha value is -4.08. The van der Waals surface area contributed by atoms with Gasteiger partial charge in [-0.15, -0.1) is 0 Å². The standard InChI is InChI=1S/C29H28FN5O2S/c1-18-16-24(19(2)34(18)22-11-7-20(30)8-12-22)28-27(25-6-4-5-15-31-25)33-29(38)35(28)23-13-9-21(10-14-23)32-26(36)17-37-3/h4-16,27-28H,17H2,1-3H3,(H,32,36)(H,33,38)/t27-,28-/m1/s1. The van der Waals surface area contributed by atoms with Crippen molar-refractivity contribution in [3.63, 3.8) is 0 Å². The fraction of sp³-hybridized carbons (Fsp3) is 0.207. The molecule has 2 N–H and O–H groups in total. The monoisotopic (exact) mass is 529 g/mol. The van der Waals surface area contributed by atoms with Crippen LogP contribution in [0.15, 0.2) is 79.0 Å². The summed E-state index contributed by atoms with van der Waals surface area (Å²) in [6.45, 7) is 4.09. The van der Waals surface area contributed by atoms with E-state index in [-0.39, 0.29) is 30.4 Å². The maximum Gasteiger partial charge on any atom is 0.250 e. The molecule has 194 valence electrons. The van der Waals surface area contributed by atoms with Gasteiger partial charge >= 0.3 is 0 Å². The molecule has 5 rings (SSSR count). The number of thiocarbonyl (C=S) groups is 1. The lowest BCUT2D eigenvalue weighted by Crippen LogP contribution is -2.29. The first-order chi connectivity index (χ1) is 18.4. The second-order valence-electron chi connectivity index (χ2n) is 9.16. The molecule has 9 heteroatoms. The highest BCUT2D eigenvalue weighted by Crippen LogP contribution is 2.43. The van der Waals surface area contributed by atoms with E-state index >= 15 is 0 Å². The molecule has 0 spiro atoms. The third kappa shape index (κ3) is 4.90. The van der Waals surface area contributed by atoms with Gasteiger partial charge in [0.2, 0.25) is 5.91 Å². The summed E-state index contributed by atoms with van der Waals surface area (Å²) >= 11 is 5.86. The van der Waals surface area contributed by atoms with Crippen LogP contribution in [0, 0.1) is 19.7 Å². The Bertz CT molecular complexity index is 1460. The lowest BCUT2D eigenvalue weighted by Gasteiger charge is -2.28. The van der Waals surface area contributed by atoms with Gasteiger partial charge in [0, 0.05) is 41.8 Å². The average Bonchev–Trinajstić information content (AvgIpc) is 3.41. The number of hydrogen-bond acceptors (Lipinski definition) is 4. The number of hydrogen-bond donors (Lipinski definition) is 2. The van der Waals surface area contributed by atoms with Crippen molar-refractivity contribution in [3.05, 3.63) is 107 Å². The number of carbonyl (C=O) groups is 1. The lowest BCUT2D eigenvalue weighted by atomic mass is 9.96. The zero-order valence-corrected chi connectivity index (χ0v) is 22.1. The van der Waals surface area contributed by atoms with Crippen molar-refractivity contribution in [2.24, 2.45) is 0 Å². The second kappa shape index (κ2) is 10.7. The van der Waals surface area contributed by atoms with Gasteiger partial charge in [-0.25, -0.2) is 4.39 Å². The van der Waals surface area contributed by atoms with E-state index in [1.54, 1.807) is 18.3 Å². The van der Waals surface area contributed by atoms with E-state index in [1.807, 2.05) is 49.4 Å². The topological polar surface area (TPSA) is 71.4 Å². The number of amides is 1. The molecule has 38 heavy (non-hydrogen) atoms. The zero-order chi connectivity index (χ0) is 26.8. The van der Waals surface area contributed by atoms with E-state index in [2.05, 4.69) is 38.1 Å². The molecular weight excluding hydrogens is 501 g/mol. The number of halogens is 1. The number of ether oxygens (including phenoxy) is 1. The molecule has 1 fully saturated rings. The molecule has 1 amide bonds. The molecule has 1 aliphatic rings. The Morgan fingerprint density at radius 2 is 1.79 bits per heavy atom. The van der Waals surface area contributed by atoms with Crippen LogP contribution in [0.5, 0.6) is 0 Å². The molecule has 7 nitrogen and oxygen atoms in total. The normalized spacial score (nSPS) is 16.9.